The van der Waals surface area contributed by atoms with E-state index in [1.165, 1.54) is 30.5 Å². The van der Waals surface area contributed by atoms with Gasteiger partial charge in [-0.2, -0.15) is 0 Å². The number of amidine groups is 1. The van der Waals surface area contributed by atoms with Crippen LogP contribution in [0.2, 0.25) is 0 Å². The molecule has 0 spiro atoms. The topological polar surface area (TPSA) is 53.1 Å². The van der Waals surface area contributed by atoms with E-state index < -0.39 is 0 Å². The van der Waals surface area contributed by atoms with Crippen molar-refractivity contribution in [3.8, 4) is 0 Å². The number of aryl methyl sites for hydroxylation is 1. The lowest BCUT2D eigenvalue weighted by Crippen LogP contribution is -2.31. The number of nitrogens with zero attached hydrogens (tertiary/aromatic N) is 1. The largest absolute Gasteiger partial charge is 0.384 e. The first kappa shape index (κ1) is 13.9. The molecule has 0 radical (unpaired) electrons. The fourth-order valence-corrected chi connectivity index (χ4v) is 2.52. The molecule has 1 aromatic carbocycles. The van der Waals surface area contributed by atoms with Gasteiger partial charge in [0.15, 0.2) is 0 Å². The van der Waals surface area contributed by atoms with E-state index >= 15 is 0 Å². The van der Waals surface area contributed by atoms with Crippen LogP contribution in [0.4, 0.5) is 5.69 Å². The summed E-state index contributed by atoms with van der Waals surface area (Å²) in [6.07, 6.45) is 3.72. The van der Waals surface area contributed by atoms with E-state index in [9.17, 15) is 0 Å². The fraction of sp³-hybridized carbons (Fsp3) is 0.562. The number of benzene rings is 1. The maximum Gasteiger partial charge on any atom is 0.124 e. The van der Waals surface area contributed by atoms with E-state index in [2.05, 4.69) is 31.7 Å². The summed E-state index contributed by atoms with van der Waals surface area (Å²) in [5.74, 6) is 0.875. The fourth-order valence-electron chi connectivity index (χ4n) is 2.52. The van der Waals surface area contributed by atoms with Gasteiger partial charge in [-0.05, 0) is 43.7 Å². The first-order valence-corrected chi connectivity index (χ1v) is 7.21. The van der Waals surface area contributed by atoms with E-state index in [0.717, 1.165) is 12.1 Å². The molecule has 1 aliphatic rings. The van der Waals surface area contributed by atoms with Gasteiger partial charge in [-0.25, -0.2) is 0 Å². The Bertz CT molecular complexity index is 461. The molecule has 1 aromatic rings. The third-order valence-corrected chi connectivity index (χ3v) is 3.75. The highest BCUT2D eigenvalue weighted by molar-refractivity contribution is 6.01. The Kier molecular flexibility index (Phi) is 4.13. The maximum absolute atomic E-state index is 7.80. The Morgan fingerprint density at radius 3 is 2.63 bits per heavy atom. The van der Waals surface area contributed by atoms with Crippen molar-refractivity contribution in [2.75, 3.05) is 11.4 Å². The van der Waals surface area contributed by atoms with Crippen LogP contribution in [0, 0.1) is 18.3 Å². The van der Waals surface area contributed by atoms with Crippen LogP contribution in [-0.4, -0.2) is 18.4 Å². The van der Waals surface area contributed by atoms with Crippen molar-refractivity contribution in [3.05, 3.63) is 29.3 Å². The number of hydrogen-bond donors (Lipinski definition) is 2. The second-order valence-corrected chi connectivity index (χ2v) is 5.99. The molecule has 0 aromatic heterocycles. The minimum Gasteiger partial charge on any atom is -0.384 e. The molecular formula is C16H25N3. The van der Waals surface area contributed by atoms with Crippen LogP contribution in [0.3, 0.4) is 0 Å². The van der Waals surface area contributed by atoms with Crippen molar-refractivity contribution in [2.24, 2.45) is 11.7 Å². The Hall–Kier alpha value is -1.51. The number of rotatable bonds is 6. The maximum atomic E-state index is 7.80. The molecule has 0 saturated heterocycles. The van der Waals surface area contributed by atoms with Gasteiger partial charge in [0.1, 0.15) is 5.84 Å². The smallest absolute Gasteiger partial charge is 0.124 e. The van der Waals surface area contributed by atoms with Crippen LogP contribution >= 0.6 is 0 Å². The van der Waals surface area contributed by atoms with Gasteiger partial charge in [-0.15, -0.1) is 0 Å². The summed E-state index contributed by atoms with van der Waals surface area (Å²) < 4.78 is 0. The second-order valence-electron chi connectivity index (χ2n) is 5.99. The molecule has 3 nitrogen and oxygen atoms in total. The highest BCUT2D eigenvalue weighted by Gasteiger charge is 2.31. The average molecular weight is 259 g/mol. The van der Waals surface area contributed by atoms with E-state index in [1.807, 2.05) is 12.1 Å². The summed E-state index contributed by atoms with van der Waals surface area (Å²) in [5, 5.41) is 7.80. The van der Waals surface area contributed by atoms with E-state index in [-0.39, 0.29) is 5.84 Å². The number of para-hydroxylation sites is 1. The van der Waals surface area contributed by atoms with Crippen molar-refractivity contribution in [2.45, 2.75) is 46.1 Å². The molecule has 0 unspecified atom stereocenters. The van der Waals surface area contributed by atoms with Crippen LogP contribution < -0.4 is 10.6 Å². The molecule has 0 aliphatic heterocycles. The molecule has 19 heavy (non-hydrogen) atoms. The predicted molar refractivity (Wildman–Crippen MR) is 82.0 cm³/mol. The Morgan fingerprint density at radius 2 is 2.11 bits per heavy atom. The number of nitrogens with two attached hydrogens (primary N) is 1. The van der Waals surface area contributed by atoms with Crippen LogP contribution in [-0.2, 0) is 0 Å². The normalized spacial score (nSPS) is 14.7. The standard InChI is InChI=1S/C16H25N3/c1-11(2)9-10-19(13-7-8-13)15-12(3)5-4-6-14(15)16(17)18/h4-6,11,13H,7-10H2,1-3H3,(H3,17,18). The highest BCUT2D eigenvalue weighted by Crippen LogP contribution is 2.36. The first-order valence-electron chi connectivity index (χ1n) is 7.21. The Morgan fingerprint density at radius 1 is 1.42 bits per heavy atom. The van der Waals surface area contributed by atoms with E-state index in [1.54, 1.807) is 0 Å². The molecular weight excluding hydrogens is 234 g/mol. The molecule has 0 bridgehead atoms. The molecule has 1 saturated carbocycles. The number of hydrogen-bond acceptors (Lipinski definition) is 2. The molecule has 3 heteroatoms. The number of nitrogens with one attached hydrogen (secondary N) is 1. The van der Waals surface area contributed by atoms with Crippen LogP contribution in [0.5, 0.6) is 0 Å². The van der Waals surface area contributed by atoms with Crippen molar-refractivity contribution in [1.82, 2.24) is 0 Å². The summed E-state index contributed by atoms with van der Waals surface area (Å²) in [4.78, 5) is 2.48. The van der Waals surface area contributed by atoms with E-state index in [0.29, 0.717) is 12.0 Å². The van der Waals surface area contributed by atoms with Gasteiger partial charge < -0.3 is 10.6 Å². The van der Waals surface area contributed by atoms with Gasteiger partial charge in [0.05, 0.1) is 5.69 Å². The zero-order valence-electron chi connectivity index (χ0n) is 12.2. The minimum atomic E-state index is 0.175. The SMILES string of the molecule is Cc1cccc(C(=N)N)c1N(CCC(C)C)C1CC1. The summed E-state index contributed by atoms with van der Waals surface area (Å²) in [6.45, 7) is 7.70. The quantitative estimate of drug-likeness (QED) is 0.608. The third-order valence-electron chi connectivity index (χ3n) is 3.75. The third kappa shape index (κ3) is 3.28. The van der Waals surface area contributed by atoms with Gasteiger partial charge in [0.2, 0.25) is 0 Å². The number of nitrogen functional groups attached to an aromatic ring is 1. The van der Waals surface area contributed by atoms with Gasteiger partial charge in [-0.1, -0.05) is 26.0 Å². The van der Waals surface area contributed by atoms with Crippen molar-refractivity contribution in [3.63, 3.8) is 0 Å². The highest BCUT2D eigenvalue weighted by atomic mass is 15.2. The van der Waals surface area contributed by atoms with E-state index in [4.69, 9.17) is 11.1 Å². The summed E-state index contributed by atoms with van der Waals surface area (Å²) in [6, 6.07) is 6.73. The zero-order valence-corrected chi connectivity index (χ0v) is 12.2. The second kappa shape index (κ2) is 5.64. The lowest BCUT2D eigenvalue weighted by atomic mass is 10.0. The summed E-state index contributed by atoms with van der Waals surface area (Å²) in [7, 11) is 0. The van der Waals surface area contributed by atoms with Crippen molar-refractivity contribution >= 4 is 11.5 Å². The lowest BCUT2D eigenvalue weighted by Gasteiger charge is -2.29. The molecule has 2 rings (SSSR count). The monoisotopic (exact) mass is 259 g/mol. The Labute approximate surface area is 116 Å². The summed E-state index contributed by atoms with van der Waals surface area (Å²) >= 11 is 0. The molecule has 1 fully saturated rings. The molecule has 0 heterocycles. The molecule has 3 N–H and O–H groups in total. The summed E-state index contributed by atoms with van der Waals surface area (Å²) in [5.41, 5.74) is 9.04. The molecule has 0 atom stereocenters. The molecule has 0 amide bonds. The zero-order chi connectivity index (χ0) is 14.0. The van der Waals surface area contributed by atoms with Crippen molar-refractivity contribution in [1.29, 1.82) is 5.41 Å². The van der Waals surface area contributed by atoms with Crippen molar-refractivity contribution < 1.29 is 0 Å². The van der Waals surface area contributed by atoms with Crippen LogP contribution in [0.25, 0.3) is 0 Å². The average Bonchev–Trinajstić information content (AvgIpc) is 3.14. The van der Waals surface area contributed by atoms with Crippen LogP contribution in [0.1, 0.15) is 44.2 Å². The molecule has 1 aliphatic carbocycles. The van der Waals surface area contributed by atoms with Gasteiger partial charge in [0, 0.05) is 18.2 Å². The molecule has 104 valence electrons. The predicted octanol–water partition coefficient (Wildman–Crippen LogP) is 3.29. The van der Waals surface area contributed by atoms with Gasteiger partial charge in [0.25, 0.3) is 0 Å². The lowest BCUT2D eigenvalue weighted by molar-refractivity contribution is 0.570. The van der Waals surface area contributed by atoms with Gasteiger partial charge in [-0.3, -0.25) is 5.41 Å². The number of anilines is 1. The Balaban J connectivity index is 2.32. The van der Waals surface area contributed by atoms with Gasteiger partial charge >= 0.3 is 0 Å². The van der Waals surface area contributed by atoms with Crippen LogP contribution in [0.15, 0.2) is 18.2 Å². The first-order chi connectivity index (χ1) is 9.00. The minimum absolute atomic E-state index is 0.175.